The van der Waals surface area contributed by atoms with Gasteiger partial charge in [-0.3, -0.25) is 9.69 Å². The monoisotopic (exact) mass is 279 g/mol. The number of nitrogens with two attached hydrogens (primary N) is 1. The van der Waals surface area contributed by atoms with Crippen LogP contribution in [0.2, 0.25) is 0 Å². The number of nitrogens with zero attached hydrogens (tertiary/aromatic N) is 2. The Morgan fingerprint density at radius 2 is 1.60 bits per heavy atom. The van der Waals surface area contributed by atoms with Crippen LogP contribution in [0.5, 0.6) is 0 Å². The van der Waals surface area contributed by atoms with Crippen LogP contribution in [-0.2, 0) is 4.79 Å². The highest BCUT2D eigenvalue weighted by Gasteiger charge is 2.41. The number of hydrogen-bond acceptors (Lipinski definition) is 3. The molecular weight excluding hydrogens is 250 g/mol. The van der Waals surface area contributed by atoms with E-state index < -0.39 is 5.54 Å². The van der Waals surface area contributed by atoms with Crippen molar-refractivity contribution in [1.29, 1.82) is 0 Å². The molecule has 4 nitrogen and oxygen atoms in total. The van der Waals surface area contributed by atoms with E-state index in [4.69, 9.17) is 5.73 Å². The maximum absolute atomic E-state index is 12.7. The molecule has 4 heteroatoms. The van der Waals surface area contributed by atoms with E-state index in [0.29, 0.717) is 6.04 Å². The van der Waals surface area contributed by atoms with Gasteiger partial charge in [-0.2, -0.15) is 0 Å². The van der Waals surface area contributed by atoms with Gasteiger partial charge in [0.15, 0.2) is 0 Å². The molecule has 20 heavy (non-hydrogen) atoms. The Hall–Kier alpha value is -0.610. The molecule has 1 atom stereocenters. The molecule has 1 aliphatic carbocycles. The molecule has 114 valence electrons. The second-order valence-corrected chi connectivity index (χ2v) is 7.01. The summed E-state index contributed by atoms with van der Waals surface area (Å²) in [4.78, 5) is 17.4. The van der Waals surface area contributed by atoms with Gasteiger partial charge in [0.25, 0.3) is 0 Å². The van der Waals surface area contributed by atoms with Gasteiger partial charge in [-0.25, -0.2) is 0 Å². The summed E-state index contributed by atoms with van der Waals surface area (Å²) in [6.07, 6.45) is 10.4. The highest BCUT2D eigenvalue weighted by Crippen LogP contribution is 2.30. The van der Waals surface area contributed by atoms with Gasteiger partial charge in [0.05, 0.1) is 5.54 Å². The van der Waals surface area contributed by atoms with Crippen molar-refractivity contribution in [3.63, 3.8) is 0 Å². The summed E-state index contributed by atoms with van der Waals surface area (Å²) in [5.74, 6) is 0.233. The molecule has 1 saturated carbocycles. The fraction of sp³-hybridized carbons (Fsp3) is 0.938. The number of hydrogen-bond donors (Lipinski definition) is 1. The van der Waals surface area contributed by atoms with Crippen LogP contribution in [0.25, 0.3) is 0 Å². The summed E-state index contributed by atoms with van der Waals surface area (Å²) in [6, 6.07) is 0.589. The molecule has 0 aromatic rings. The number of likely N-dealkylation sites (tertiary alicyclic amines) is 2. The second-order valence-electron chi connectivity index (χ2n) is 7.01. The Kier molecular flexibility index (Phi) is 4.32. The first-order valence-corrected chi connectivity index (χ1v) is 8.51. The lowest BCUT2D eigenvalue weighted by Crippen LogP contribution is -2.56. The van der Waals surface area contributed by atoms with Crippen molar-refractivity contribution in [2.75, 3.05) is 26.2 Å². The summed E-state index contributed by atoms with van der Waals surface area (Å²) in [5, 5.41) is 0. The number of rotatable bonds is 2. The van der Waals surface area contributed by atoms with Gasteiger partial charge in [-0.1, -0.05) is 25.7 Å². The van der Waals surface area contributed by atoms with Crippen molar-refractivity contribution < 1.29 is 4.79 Å². The molecule has 3 aliphatic rings. The minimum absolute atomic E-state index is 0.233. The summed E-state index contributed by atoms with van der Waals surface area (Å²) < 4.78 is 0. The van der Waals surface area contributed by atoms with Crippen LogP contribution in [-0.4, -0.2) is 53.5 Å². The standard InChI is InChI=1S/C16H29N3O/c17-16(8-3-1-4-9-16)15(20)19-12-7-14(13-19)18-10-5-2-6-11-18/h14H,1-13,17H2. The predicted octanol–water partition coefficient (Wildman–Crippen LogP) is 1.73. The molecule has 0 bridgehead atoms. The van der Waals surface area contributed by atoms with Crippen LogP contribution in [0.3, 0.4) is 0 Å². The molecule has 2 N–H and O–H groups in total. The first-order chi connectivity index (χ1) is 9.69. The van der Waals surface area contributed by atoms with Crippen molar-refractivity contribution in [2.24, 2.45) is 5.73 Å². The van der Waals surface area contributed by atoms with Gasteiger partial charge in [0.1, 0.15) is 0 Å². The van der Waals surface area contributed by atoms with Gasteiger partial charge in [0.2, 0.25) is 5.91 Å². The zero-order chi connectivity index (χ0) is 14.0. The molecule has 2 heterocycles. The van der Waals surface area contributed by atoms with E-state index in [1.165, 1.54) is 38.8 Å². The Morgan fingerprint density at radius 3 is 2.30 bits per heavy atom. The molecule has 2 saturated heterocycles. The average molecular weight is 279 g/mol. The van der Waals surface area contributed by atoms with Crippen molar-refractivity contribution in [3.8, 4) is 0 Å². The lowest BCUT2D eigenvalue weighted by molar-refractivity contribution is -0.137. The maximum Gasteiger partial charge on any atom is 0.242 e. The van der Waals surface area contributed by atoms with Gasteiger partial charge < -0.3 is 10.6 Å². The Labute approximate surface area is 122 Å². The molecule has 2 aliphatic heterocycles. The molecule has 0 aromatic heterocycles. The molecule has 0 aromatic carbocycles. The summed E-state index contributed by atoms with van der Waals surface area (Å²) in [6.45, 7) is 4.28. The van der Waals surface area contributed by atoms with E-state index in [1.54, 1.807) is 0 Å². The summed E-state index contributed by atoms with van der Waals surface area (Å²) in [5.41, 5.74) is 5.85. The molecule has 3 fully saturated rings. The van der Waals surface area contributed by atoms with Crippen molar-refractivity contribution >= 4 is 5.91 Å². The van der Waals surface area contributed by atoms with E-state index in [2.05, 4.69) is 9.80 Å². The minimum atomic E-state index is -0.547. The highest BCUT2D eigenvalue weighted by atomic mass is 16.2. The van der Waals surface area contributed by atoms with Gasteiger partial charge in [-0.15, -0.1) is 0 Å². The smallest absolute Gasteiger partial charge is 0.242 e. The van der Waals surface area contributed by atoms with Gasteiger partial charge >= 0.3 is 0 Å². The minimum Gasteiger partial charge on any atom is -0.339 e. The third-order valence-electron chi connectivity index (χ3n) is 5.53. The van der Waals surface area contributed by atoms with E-state index in [0.717, 1.165) is 45.2 Å². The zero-order valence-electron chi connectivity index (χ0n) is 12.6. The molecular formula is C16H29N3O. The number of carbonyl (C=O) groups is 1. The van der Waals surface area contributed by atoms with Crippen LogP contribution in [0.1, 0.15) is 57.8 Å². The van der Waals surface area contributed by atoms with E-state index >= 15 is 0 Å². The molecule has 1 unspecified atom stereocenters. The third kappa shape index (κ3) is 2.86. The van der Waals surface area contributed by atoms with Crippen LogP contribution < -0.4 is 5.73 Å². The van der Waals surface area contributed by atoms with Crippen LogP contribution in [0.15, 0.2) is 0 Å². The number of piperidine rings is 1. The Morgan fingerprint density at radius 1 is 0.950 bits per heavy atom. The average Bonchev–Trinajstić information content (AvgIpc) is 2.98. The molecule has 0 spiro atoms. The largest absolute Gasteiger partial charge is 0.339 e. The quantitative estimate of drug-likeness (QED) is 0.837. The summed E-state index contributed by atoms with van der Waals surface area (Å²) in [7, 11) is 0. The second kappa shape index (κ2) is 6.02. The van der Waals surface area contributed by atoms with E-state index in [9.17, 15) is 4.79 Å². The van der Waals surface area contributed by atoms with Gasteiger partial charge in [0, 0.05) is 19.1 Å². The fourth-order valence-corrected chi connectivity index (χ4v) is 4.22. The van der Waals surface area contributed by atoms with Crippen molar-refractivity contribution in [3.05, 3.63) is 0 Å². The lowest BCUT2D eigenvalue weighted by Gasteiger charge is -2.36. The van der Waals surface area contributed by atoms with E-state index in [1.807, 2.05) is 0 Å². The number of carbonyl (C=O) groups excluding carboxylic acids is 1. The third-order valence-corrected chi connectivity index (χ3v) is 5.53. The Balaban J connectivity index is 1.57. The molecule has 1 amide bonds. The highest BCUT2D eigenvalue weighted by molar-refractivity contribution is 5.86. The van der Waals surface area contributed by atoms with Crippen LogP contribution >= 0.6 is 0 Å². The van der Waals surface area contributed by atoms with Gasteiger partial charge in [-0.05, 0) is 45.2 Å². The van der Waals surface area contributed by atoms with Crippen molar-refractivity contribution in [1.82, 2.24) is 9.80 Å². The predicted molar refractivity (Wildman–Crippen MR) is 80.4 cm³/mol. The zero-order valence-corrected chi connectivity index (χ0v) is 12.6. The molecule has 0 radical (unpaired) electrons. The lowest BCUT2D eigenvalue weighted by atomic mass is 9.81. The first kappa shape index (κ1) is 14.3. The fourth-order valence-electron chi connectivity index (χ4n) is 4.22. The SMILES string of the molecule is NC1(C(=O)N2CCC(N3CCCCC3)C2)CCCCC1. The Bertz CT molecular complexity index is 346. The molecule has 3 rings (SSSR count). The normalized spacial score (nSPS) is 31.4. The van der Waals surface area contributed by atoms with Crippen molar-refractivity contribution in [2.45, 2.75) is 69.4 Å². The first-order valence-electron chi connectivity index (χ1n) is 8.51. The van der Waals surface area contributed by atoms with Crippen LogP contribution in [0.4, 0.5) is 0 Å². The number of amides is 1. The maximum atomic E-state index is 12.7. The van der Waals surface area contributed by atoms with Crippen LogP contribution in [0, 0.1) is 0 Å². The van der Waals surface area contributed by atoms with E-state index in [-0.39, 0.29) is 5.91 Å². The summed E-state index contributed by atoms with van der Waals surface area (Å²) >= 11 is 0. The topological polar surface area (TPSA) is 49.6 Å².